The lowest BCUT2D eigenvalue weighted by molar-refractivity contribution is -0.0619. The predicted octanol–water partition coefficient (Wildman–Crippen LogP) is 2.01. The van der Waals surface area contributed by atoms with E-state index >= 15 is 0 Å². The van der Waals surface area contributed by atoms with Gasteiger partial charge in [-0.05, 0) is 26.2 Å². The summed E-state index contributed by atoms with van der Waals surface area (Å²) >= 11 is 0. The molecule has 0 spiro atoms. The van der Waals surface area contributed by atoms with Gasteiger partial charge in [-0.25, -0.2) is 0 Å². The molecule has 2 aliphatic rings. The smallest absolute Gasteiger partial charge is 0.147 e. The number of aryl methyl sites for hydroxylation is 1. The molecule has 1 aliphatic heterocycles. The zero-order valence-electron chi connectivity index (χ0n) is 14.7. The third-order valence-corrected chi connectivity index (χ3v) is 5.39. The van der Waals surface area contributed by atoms with Gasteiger partial charge in [-0.1, -0.05) is 13.3 Å². The van der Waals surface area contributed by atoms with Gasteiger partial charge in [0.1, 0.15) is 11.6 Å². The zero-order valence-corrected chi connectivity index (χ0v) is 14.7. The van der Waals surface area contributed by atoms with Gasteiger partial charge in [-0.3, -0.25) is 4.90 Å². The van der Waals surface area contributed by atoms with E-state index in [0.29, 0.717) is 18.1 Å². The molecule has 0 bridgehead atoms. The SMILES string of the molecule is CCCn1c(C)nnc1CN1CCOC[C@@H]1[C@@H]1CCC[C@@H]1OC. The van der Waals surface area contributed by atoms with E-state index in [0.717, 1.165) is 50.9 Å². The lowest BCUT2D eigenvalue weighted by atomic mass is 9.94. The molecule has 1 aromatic heterocycles. The Bertz CT molecular complexity index is 505. The summed E-state index contributed by atoms with van der Waals surface area (Å²) in [5, 5.41) is 8.71. The van der Waals surface area contributed by atoms with Crippen LogP contribution in [-0.4, -0.2) is 58.7 Å². The van der Waals surface area contributed by atoms with Crippen molar-refractivity contribution in [3.63, 3.8) is 0 Å². The van der Waals surface area contributed by atoms with E-state index in [2.05, 4.69) is 26.6 Å². The van der Waals surface area contributed by atoms with Crippen LogP contribution in [0.2, 0.25) is 0 Å². The van der Waals surface area contributed by atoms with Gasteiger partial charge in [0.25, 0.3) is 0 Å². The molecule has 130 valence electrons. The van der Waals surface area contributed by atoms with E-state index in [4.69, 9.17) is 9.47 Å². The molecule has 0 unspecified atom stereocenters. The highest BCUT2D eigenvalue weighted by Crippen LogP contribution is 2.34. The number of ether oxygens (including phenoxy) is 2. The lowest BCUT2D eigenvalue weighted by Crippen LogP contribution is -2.51. The number of hydrogen-bond donors (Lipinski definition) is 0. The van der Waals surface area contributed by atoms with Crippen molar-refractivity contribution in [1.82, 2.24) is 19.7 Å². The first kappa shape index (κ1) is 16.9. The summed E-state index contributed by atoms with van der Waals surface area (Å²) in [6, 6.07) is 0.434. The Hall–Kier alpha value is -0.980. The summed E-state index contributed by atoms with van der Waals surface area (Å²) in [5.74, 6) is 2.68. The summed E-state index contributed by atoms with van der Waals surface area (Å²) in [5.41, 5.74) is 0. The van der Waals surface area contributed by atoms with Crippen molar-refractivity contribution in [2.24, 2.45) is 5.92 Å². The van der Waals surface area contributed by atoms with E-state index in [-0.39, 0.29) is 0 Å². The molecule has 0 N–H and O–H groups in total. The van der Waals surface area contributed by atoms with Crippen molar-refractivity contribution in [3.05, 3.63) is 11.6 Å². The molecule has 1 saturated carbocycles. The normalized spacial score (nSPS) is 29.3. The minimum absolute atomic E-state index is 0.374. The molecule has 6 nitrogen and oxygen atoms in total. The van der Waals surface area contributed by atoms with Gasteiger partial charge < -0.3 is 14.0 Å². The number of rotatable bonds is 6. The van der Waals surface area contributed by atoms with Gasteiger partial charge in [-0.15, -0.1) is 10.2 Å². The summed E-state index contributed by atoms with van der Waals surface area (Å²) in [7, 11) is 1.85. The number of nitrogens with zero attached hydrogens (tertiary/aromatic N) is 4. The number of methoxy groups -OCH3 is 1. The number of morpholine rings is 1. The van der Waals surface area contributed by atoms with Crippen LogP contribution in [-0.2, 0) is 22.6 Å². The summed E-state index contributed by atoms with van der Waals surface area (Å²) in [4.78, 5) is 2.54. The van der Waals surface area contributed by atoms with Crippen molar-refractivity contribution in [3.8, 4) is 0 Å². The number of hydrogen-bond acceptors (Lipinski definition) is 5. The Morgan fingerprint density at radius 3 is 2.96 bits per heavy atom. The van der Waals surface area contributed by atoms with Crippen LogP contribution in [0, 0.1) is 12.8 Å². The molecule has 2 heterocycles. The second-order valence-corrected chi connectivity index (χ2v) is 6.80. The van der Waals surface area contributed by atoms with Gasteiger partial charge in [0.15, 0.2) is 0 Å². The maximum Gasteiger partial charge on any atom is 0.147 e. The van der Waals surface area contributed by atoms with Crippen molar-refractivity contribution in [1.29, 1.82) is 0 Å². The Kier molecular flexibility index (Phi) is 5.67. The first-order chi connectivity index (χ1) is 11.2. The van der Waals surface area contributed by atoms with Crippen LogP contribution in [0.5, 0.6) is 0 Å². The molecule has 0 amide bonds. The molecule has 6 heteroatoms. The summed E-state index contributed by atoms with van der Waals surface area (Å²) < 4.78 is 13.8. The van der Waals surface area contributed by atoms with Crippen LogP contribution in [0.25, 0.3) is 0 Å². The molecular formula is C17H30N4O2. The van der Waals surface area contributed by atoms with E-state index in [1.54, 1.807) is 0 Å². The lowest BCUT2D eigenvalue weighted by Gasteiger charge is -2.40. The highest BCUT2D eigenvalue weighted by atomic mass is 16.5. The second-order valence-electron chi connectivity index (χ2n) is 6.80. The Morgan fingerprint density at radius 1 is 1.30 bits per heavy atom. The summed E-state index contributed by atoms with van der Waals surface area (Å²) in [6.07, 6.45) is 5.16. The fourth-order valence-electron chi connectivity index (χ4n) is 4.17. The molecule has 1 aliphatic carbocycles. The first-order valence-corrected chi connectivity index (χ1v) is 8.97. The Balaban J connectivity index is 1.74. The minimum atomic E-state index is 0.374. The van der Waals surface area contributed by atoms with E-state index < -0.39 is 0 Å². The van der Waals surface area contributed by atoms with E-state index in [9.17, 15) is 0 Å². The highest BCUT2D eigenvalue weighted by molar-refractivity contribution is 4.97. The monoisotopic (exact) mass is 322 g/mol. The quantitative estimate of drug-likeness (QED) is 0.802. The molecule has 0 aromatic carbocycles. The largest absolute Gasteiger partial charge is 0.381 e. The molecule has 1 saturated heterocycles. The van der Waals surface area contributed by atoms with Crippen LogP contribution < -0.4 is 0 Å². The molecule has 2 fully saturated rings. The molecule has 23 heavy (non-hydrogen) atoms. The van der Waals surface area contributed by atoms with Crippen LogP contribution >= 0.6 is 0 Å². The van der Waals surface area contributed by atoms with Crippen LogP contribution in [0.3, 0.4) is 0 Å². The number of aromatic nitrogens is 3. The second kappa shape index (κ2) is 7.73. The highest BCUT2D eigenvalue weighted by Gasteiger charge is 2.38. The minimum Gasteiger partial charge on any atom is -0.381 e. The Labute approximate surface area is 139 Å². The average molecular weight is 322 g/mol. The van der Waals surface area contributed by atoms with Crippen LogP contribution in [0.4, 0.5) is 0 Å². The van der Waals surface area contributed by atoms with Crippen molar-refractivity contribution < 1.29 is 9.47 Å². The van der Waals surface area contributed by atoms with Crippen LogP contribution in [0.15, 0.2) is 0 Å². The molecule has 3 atom stereocenters. The molecule has 3 rings (SSSR count). The zero-order chi connectivity index (χ0) is 16.2. The van der Waals surface area contributed by atoms with E-state index in [1.807, 2.05) is 14.0 Å². The standard InChI is InChI=1S/C17H30N4O2/c1-4-8-21-13(2)18-19-17(21)11-20-9-10-23-12-15(20)14-6-5-7-16(14)22-3/h14-16H,4-12H2,1-3H3/t14-,15+,16-/m0/s1. The maximum atomic E-state index is 5.80. The summed E-state index contributed by atoms with van der Waals surface area (Å²) in [6.45, 7) is 8.68. The van der Waals surface area contributed by atoms with Crippen molar-refractivity contribution in [2.45, 2.75) is 64.8 Å². The predicted molar refractivity (Wildman–Crippen MR) is 88.2 cm³/mol. The van der Waals surface area contributed by atoms with Gasteiger partial charge >= 0.3 is 0 Å². The van der Waals surface area contributed by atoms with Gasteiger partial charge in [0.2, 0.25) is 0 Å². The molecule has 1 aromatic rings. The van der Waals surface area contributed by atoms with E-state index in [1.165, 1.54) is 19.3 Å². The first-order valence-electron chi connectivity index (χ1n) is 8.97. The third-order valence-electron chi connectivity index (χ3n) is 5.39. The van der Waals surface area contributed by atoms with Crippen molar-refractivity contribution >= 4 is 0 Å². The van der Waals surface area contributed by atoms with Gasteiger partial charge in [-0.2, -0.15) is 0 Å². The molecule has 0 radical (unpaired) electrons. The van der Waals surface area contributed by atoms with Gasteiger partial charge in [0, 0.05) is 32.2 Å². The topological polar surface area (TPSA) is 52.4 Å². The average Bonchev–Trinajstić information content (AvgIpc) is 3.17. The maximum absolute atomic E-state index is 5.80. The fraction of sp³-hybridized carbons (Fsp3) is 0.882. The third kappa shape index (κ3) is 3.59. The fourth-order valence-corrected chi connectivity index (χ4v) is 4.17. The van der Waals surface area contributed by atoms with Gasteiger partial charge in [0.05, 0.1) is 25.9 Å². The van der Waals surface area contributed by atoms with Crippen molar-refractivity contribution in [2.75, 3.05) is 26.9 Å². The Morgan fingerprint density at radius 2 is 2.17 bits per heavy atom. The van der Waals surface area contributed by atoms with Crippen LogP contribution in [0.1, 0.15) is 44.3 Å². The molecular weight excluding hydrogens is 292 g/mol.